The molecule has 0 heterocycles. The van der Waals surface area contributed by atoms with E-state index in [-0.39, 0.29) is 18.1 Å². The molecule has 1 aromatic rings. The number of rotatable bonds is 4. The van der Waals surface area contributed by atoms with E-state index in [1.54, 1.807) is 12.1 Å². The van der Waals surface area contributed by atoms with Crippen LogP contribution in [-0.2, 0) is 11.2 Å². The standard InChI is InChI=1S/C14H17BrFNO/c15-13-6-2-4-11(13)9-17-14(18)8-10-3-1-5-12(16)7-10/h1,3,5,7,11,13H,2,4,6,8-9H2,(H,17,18). The Morgan fingerprint density at radius 1 is 1.44 bits per heavy atom. The molecule has 1 amide bonds. The lowest BCUT2D eigenvalue weighted by Gasteiger charge is -2.14. The Morgan fingerprint density at radius 3 is 2.94 bits per heavy atom. The smallest absolute Gasteiger partial charge is 0.224 e. The maximum absolute atomic E-state index is 13.0. The van der Waals surface area contributed by atoms with Crippen LogP contribution >= 0.6 is 15.9 Å². The summed E-state index contributed by atoms with van der Waals surface area (Å²) in [4.78, 5) is 12.3. The quantitative estimate of drug-likeness (QED) is 0.851. The zero-order valence-corrected chi connectivity index (χ0v) is 11.7. The minimum atomic E-state index is -0.295. The van der Waals surface area contributed by atoms with E-state index in [1.165, 1.54) is 25.0 Å². The third-order valence-corrected chi connectivity index (χ3v) is 4.59. The van der Waals surface area contributed by atoms with E-state index in [4.69, 9.17) is 0 Å². The zero-order chi connectivity index (χ0) is 13.0. The molecule has 0 spiro atoms. The number of hydrogen-bond acceptors (Lipinski definition) is 1. The molecule has 4 heteroatoms. The number of halogens is 2. The molecule has 1 aliphatic rings. The second-order valence-corrected chi connectivity index (χ2v) is 5.99. The summed E-state index contributed by atoms with van der Waals surface area (Å²) in [6, 6.07) is 6.19. The monoisotopic (exact) mass is 313 g/mol. The van der Waals surface area contributed by atoms with Crippen LogP contribution in [0.4, 0.5) is 4.39 Å². The minimum absolute atomic E-state index is 0.0350. The van der Waals surface area contributed by atoms with Crippen LogP contribution in [0.2, 0.25) is 0 Å². The maximum atomic E-state index is 13.0. The van der Waals surface area contributed by atoms with Gasteiger partial charge in [0.2, 0.25) is 5.91 Å². The fourth-order valence-electron chi connectivity index (χ4n) is 2.36. The van der Waals surface area contributed by atoms with Gasteiger partial charge in [-0.2, -0.15) is 0 Å². The highest BCUT2D eigenvalue weighted by Crippen LogP contribution is 2.30. The number of amides is 1. The van der Waals surface area contributed by atoms with Crippen LogP contribution in [0.1, 0.15) is 24.8 Å². The van der Waals surface area contributed by atoms with Crippen molar-refractivity contribution in [3.63, 3.8) is 0 Å². The van der Waals surface area contributed by atoms with Gasteiger partial charge in [0.1, 0.15) is 5.82 Å². The fraction of sp³-hybridized carbons (Fsp3) is 0.500. The third kappa shape index (κ3) is 3.80. The Hall–Kier alpha value is -0.900. The molecule has 0 aromatic heterocycles. The summed E-state index contributed by atoms with van der Waals surface area (Å²) in [5.74, 6) is 0.199. The Kier molecular flexibility index (Phi) is 4.75. The van der Waals surface area contributed by atoms with Crippen molar-refractivity contribution in [1.29, 1.82) is 0 Å². The molecule has 2 rings (SSSR count). The molecule has 2 atom stereocenters. The van der Waals surface area contributed by atoms with Crippen molar-refractivity contribution in [1.82, 2.24) is 5.32 Å². The van der Waals surface area contributed by atoms with Crippen molar-refractivity contribution < 1.29 is 9.18 Å². The van der Waals surface area contributed by atoms with Gasteiger partial charge in [0.25, 0.3) is 0 Å². The molecule has 0 aliphatic heterocycles. The van der Waals surface area contributed by atoms with E-state index in [0.717, 1.165) is 6.42 Å². The lowest BCUT2D eigenvalue weighted by atomic mass is 10.1. The first kappa shape index (κ1) is 13.5. The highest BCUT2D eigenvalue weighted by atomic mass is 79.9. The molecule has 0 saturated heterocycles. The number of carbonyl (C=O) groups is 1. The number of alkyl halides is 1. The van der Waals surface area contributed by atoms with Gasteiger partial charge in [-0.15, -0.1) is 0 Å². The summed E-state index contributed by atoms with van der Waals surface area (Å²) < 4.78 is 13.0. The van der Waals surface area contributed by atoms with E-state index < -0.39 is 0 Å². The highest BCUT2D eigenvalue weighted by Gasteiger charge is 2.24. The summed E-state index contributed by atoms with van der Waals surface area (Å²) in [6.07, 6.45) is 3.82. The van der Waals surface area contributed by atoms with Gasteiger partial charge in [0.05, 0.1) is 6.42 Å². The molecule has 1 aromatic carbocycles. The minimum Gasteiger partial charge on any atom is -0.355 e. The van der Waals surface area contributed by atoms with Crippen LogP contribution in [0.5, 0.6) is 0 Å². The summed E-state index contributed by atoms with van der Waals surface area (Å²) in [6.45, 7) is 0.712. The molecular weight excluding hydrogens is 297 g/mol. The molecule has 98 valence electrons. The van der Waals surface area contributed by atoms with Crippen LogP contribution in [0, 0.1) is 11.7 Å². The second kappa shape index (κ2) is 6.32. The number of nitrogens with one attached hydrogen (secondary N) is 1. The van der Waals surface area contributed by atoms with Gasteiger partial charge in [-0.3, -0.25) is 4.79 Å². The number of carbonyl (C=O) groups excluding carboxylic acids is 1. The Morgan fingerprint density at radius 2 is 2.28 bits per heavy atom. The van der Waals surface area contributed by atoms with Gasteiger partial charge < -0.3 is 5.32 Å². The first-order valence-electron chi connectivity index (χ1n) is 6.30. The molecule has 1 fully saturated rings. The van der Waals surface area contributed by atoms with Crippen molar-refractivity contribution in [2.24, 2.45) is 5.92 Å². The number of hydrogen-bond donors (Lipinski definition) is 1. The summed E-state index contributed by atoms with van der Waals surface area (Å²) in [7, 11) is 0. The lowest BCUT2D eigenvalue weighted by molar-refractivity contribution is -0.120. The van der Waals surface area contributed by atoms with Gasteiger partial charge in [0.15, 0.2) is 0 Å². The van der Waals surface area contributed by atoms with Crippen LogP contribution < -0.4 is 5.32 Å². The van der Waals surface area contributed by atoms with Gasteiger partial charge in [0, 0.05) is 11.4 Å². The SMILES string of the molecule is O=C(Cc1cccc(F)c1)NCC1CCCC1Br. The van der Waals surface area contributed by atoms with Gasteiger partial charge in [-0.05, 0) is 36.5 Å². The molecular formula is C14H17BrFNO. The van der Waals surface area contributed by atoms with Crippen LogP contribution in [0.3, 0.4) is 0 Å². The Bertz CT molecular complexity index is 424. The molecule has 0 radical (unpaired) electrons. The fourth-order valence-corrected chi connectivity index (χ4v) is 3.14. The lowest BCUT2D eigenvalue weighted by Crippen LogP contribution is -2.32. The third-order valence-electron chi connectivity index (χ3n) is 3.38. The highest BCUT2D eigenvalue weighted by molar-refractivity contribution is 9.09. The summed E-state index contributed by atoms with van der Waals surface area (Å²) in [5, 5.41) is 2.93. The largest absolute Gasteiger partial charge is 0.355 e. The molecule has 2 unspecified atom stereocenters. The van der Waals surface area contributed by atoms with Crippen molar-refractivity contribution >= 4 is 21.8 Å². The summed E-state index contributed by atoms with van der Waals surface area (Å²) in [5.41, 5.74) is 0.717. The molecule has 2 nitrogen and oxygen atoms in total. The predicted molar refractivity (Wildman–Crippen MR) is 73.2 cm³/mol. The molecule has 1 aliphatic carbocycles. The molecule has 1 saturated carbocycles. The van der Waals surface area contributed by atoms with Gasteiger partial charge in [-0.25, -0.2) is 4.39 Å². The van der Waals surface area contributed by atoms with Crippen molar-refractivity contribution in [3.05, 3.63) is 35.6 Å². The molecule has 1 N–H and O–H groups in total. The predicted octanol–water partition coefficient (Wildman–Crippen LogP) is 3.05. The van der Waals surface area contributed by atoms with Crippen LogP contribution in [-0.4, -0.2) is 17.3 Å². The Balaban J connectivity index is 1.78. The number of benzene rings is 1. The maximum Gasteiger partial charge on any atom is 0.224 e. The van der Waals surface area contributed by atoms with E-state index in [2.05, 4.69) is 21.2 Å². The van der Waals surface area contributed by atoms with Crippen LogP contribution in [0.15, 0.2) is 24.3 Å². The average molecular weight is 314 g/mol. The van der Waals surface area contributed by atoms with E-state index in [9.17, 15) is 9.18 Å². The normalized spacial score (nSPS) is 23.0. The van der Waals surface area contributed by atoms with E-state index in [0.29, 0.717) is 22.9 Å². The van der Waals surface area contributed by atoms with Crippen molar-refractivity contribution in [2.75, 3.05) is 6.54 Å². The van der Waals surface area contributed by atoms with Crippen molar-refractivity contribution in [3.8, 4) is 0 Å². The molecule has 0 bridgehead atoms. The van der Waals surface area contributed by atoms with Crippen LogP contribution in [0.25, 0.3) is 0 Å². The second-order valence-electron chi connectivity index (χ2n) is 4.82. The zero-order valence-electron chi connectivity index (χ0n) is 10.2. The van der Waals surface area contributed by atoms with Gasteiger partial charge >= 0.3 is 0 Å². The summed E-state index contributed by atoms with van der Waals surface area (Å²) >= 11 is 3.63. The average Bonchev–Trinajstić information content (AvgIpc) is 2.72. The van der Waals surface area contributed by atoms with E-state index >= 15 is 0 Å². The first-order valence-corrected chi connectivity index (χ1v) is 7.22. The topological polar surface area (TPSA) is 29.1 Å². The van der Waals surface area contributed by atoms with Crippen molar-refractivity contribution in [2.45, 2.75) is 30.5 Å². The van der Waals surface area contributed by atoms with E-state index in [1.807, 2.05) is 0 Å². The Labute approximate surface area is 115 Å². The first-order chi connectivity index (χ1) is 8.65. The van der Waals surface area contributed by atoms with Gasteiger partial charge in [-0.1, -0.05) is 34.5 Å². The molecule has 18 heavy (non-hydrogen) atoms.